The molecule has 0 aliphatic heterocycles. The van der Waals surface area contributed by atoms with Crippen LogP contribution in [0.3, 0.4) is 0 Å². The molecular weight excluding hydrogens is 358 g/mol. The van der Waals surface area contributed by atoms with Crippen LogP contribution < -0.4 is 10.6 Å². The molecule has 1 unspecified atom stereocenters. The van der Waals surface area contributed by atoms with Gasteiger partial charge in [0.1, 0.15) is 10.8 Å². The molecule has 132 valence electrons. The molecule has 9 heteroatoms. The van der Waals surface area contributed by atoms with E-state index in [9.17, 15) is 10.2 Å². The summed E-state index contributed by atoms with van der Waals surface area (Å²) in [7, 11) is 0. The Kier molecular flexibility index (Phi) is 4.55. The minimum absolute atomic E-state index is 0.0806. The third kappa shape index (κ3) is 3.59. The Morgan fingerprint density at radius 3 is 2.84 bits per heavy atom. The highest BCUT2D eigenvalue weighted by molar-refractivity contribution is 7.17. The van der Waals surface area contributed by atoms with Crippen molar-refractivity contribution in [2.24, 2.45) is 0 Å². The Bertz CT molecular complexity index is 880. The quantitative estimate of drug-likeness (QED) is 0.554. The zero-order valence-electron chi connectivity index (χ0n) is 13.6. The van der Waals surface area contributed by atoms with Gasteiger partial charge in [-0.2, -0.15) is 9.36 Å². The molecule has 0 aromatic carbocycles. The number of anilines is 3. The molecule has 1 saturated carbocycles. The van der Waals surface area contributed by atoms with E-state index >= 15 is 0 Å². The van der Waals surface area contributed by atoms with E-state index < -0.39 is 12.2 Å². The van der Waals surface area contributed by atoms with E-state index in [0.717, 1.165) is 33.2 Å². The SMILES string of the molecule is Cc1cc(Nc2nc(NC3CC[C@H](O)[C@@H](O)C3)c3sccc3n2)sn1. The third-order valence-electron chi connectivity index (χ3n) is 4.29. The second kappa shape index (κ2) is 6.83. The second-order valence-electron chi connectivity index (χ2n) is 6.28. The third-order valence-corrected chi connectivity index (χ3v) is 5.99. The summed E-state index contributed by atoms with van der Waals surface area (Å²) in [5.41, 5.74) is 1.83. The number of aliphatic hydroxyl groups excluding tert-OH is 2. The van der Waals surface area contributed by atoms with Crippen LogP contribution >= 0.6 is 22.9 Å². The van der Waals surface area contributed by atoms with Gasteiger partial charge in [0.2, 0.25) is 5.95 Å². The lowest BCUT2D eigenvalue weighted by molar-refractivity contribution is -0.0120. The Labute approximate surface area is 152 Å². The van der Waals surface area contributed by atoms with Gasteiger partial charge in [0, 0.05) is 6.04 Å². The molecule has 0 bridgehead atoms. The molecule has 0 amide bonds. The van der Waals surface area contributed by atoms with Gasteiger partial charge < -0.3 is 20.8 Å². The Morgan fingerprint density at radius 1 is 1.20 bits per heavy atom. The molecule has 3 heterocycles. The van der Waals surface area contributed by atoms with Crippen LogP contribution in [0.25, 0.3) is 10.2 Å². The highest BCUT2D eigenvalue weighted by Crippen LogP contribution is 2.31. The molecule has 1 aliphatic carbocycles. The first-order valence-corrected chi connectivity index (χ1v) is 9.82. The van der Waals surface area contributed by atoms with Crippen LogP contribution in [0.2, 0.25) is 0 Å². The molecule has 4 N–H and O–H groups in total. The highest BCUT2D eigenvalue weighted by atomic mass is 32.1. The first-order valence-electron chi connectivity index (χ1n) is 8.17. The molecule has 3 aromatic rings. The normalized spacial score (nSPS) is 23.7. The molecule has 1 fully saturated rings. The van der Waals surface area contributed by atoms with Crippen molar-refractivity contribution in [1.29, 1.82) is 0 Å². The van der Waals surface area contributed by atoms with Gasteiger partial charge in [0.15, 0.2) is 0 Å². The van der Waals surface area contributed by atoms with Crippen LogP contribution in [0.5, 0.6) is 0 Å². The number of aromatic nitrogens is 3. The lowest BCUT2D eigenvalue weighted by atomic mass is 9.90. The molecule has 7 nitrogen and oxygen atoms in total. The highest BCUT2D eigenvalue weighted by Gasteiger charge is 2.28. The summed E-state index contributed by atoms with van der Waals surface area (Å²) in [4.78, 5) is 9.19. The second-order valence-corrected chi connectivity index (χ2v) is 8.00. The van der Waals surface area contributed by atoms with Crippen molar-refractivity contribution >= 4 is 49.9 Å². The van der Waals surface area contributed by atoms with Crippen molar-refractivity contribution in [2.45, 2.75) is 44.4 Å². The number of aliphatic hydroxyl groups is 2. The summed E-state index contributed by atoms with van der Waals surface area (Å²) in [6, 6.07) is 4.00. The van der Waals surface area contributed by atoms with Crippen molar-refractivity contribution in [2.75, 3.05) is 10.6 Å². The maximum Gasteiger partial charge on any atom is 0.230 e. The average molecular weight is 377 g/mol. The number of thiophene rings is 1. The van der Waals surface area contributed by atoms with Gasteiger partial charge >= 0.3 is 0 Å². The minimum atomic E-state index is -0.690. The van der Waals surface area contributed by atoms with Crippen LogP contribution in [-0.4, -0.2) is 42.8 Å². The van der Waals surface area contributed by atoms with E-state index in [-0.39, 0.29) is 6.04 Å². The predicted molar refractivity (Wildman–Crippen MR) is 101 cm³/mol. The zero-order valence-corrected chi connectivity index (χ0v) is 15.3. The van der Waals surface area contributed by atoms with Crippen LogP contribution in [0, 0.1) is 6.92 Å². The topological polar surface area (TPSA) is 103 Å². The molecule has 25 heavy (non-hydrogen) atoms. The Hall–Kier alpha value is -1.81. The number of hydrogen-bond acceptors (Lipinski definition) is 9. The van der Waals surface area contributed by atoms with Gasteiger partial charge in [0.25, 0.3) is 0 Å². The van der Waals surface area contributed by atoms with E-state index in [1.807, 2.05) is 24.4 Å². The van der Waals surface area contributed by atoms with Gasteiger partial charge in [0.05, 0.1) is 28.1 Å². The van der Waals surface area contributed by atoms with E-state index in [1.54, 1.807) is 11.3 Å². The number of nitrogens with zero attached hydrogens (tertiary/aromatic N) is 3. The molecule has 0 spiro atoms. The van der Waals surface area contributed by atoms with Gasteiger partial charge in [-0.15, -0.1) is 11.3 Å². The van der Waals surface area contributed by atoms with Crippen molar-refractivity contribution < 1.29 is 10.2 Å². The van der Waals surface area contributed by atoms with Crippen LogP contribution in [-0.2, 0) is 0 Å². The maximum atomic E-state index is 9.91. The van der Waals surface area contributed by atoms with Gasteiger partial charge in [-0.3, -0.25) is 0 Å². The lowest BCUT2D eigenvalue weighted by Gasteiger charge is -2.30. The number of nitrogens with one attached hydrogen (secondary N) is 2. The monoisotopic (exact) mass is 377 g/mol. The lowest BCUT2D eigenvalue weighted by Crippen LogP contribution is -2.39. The molecule has 0 radical (unpaired) electrons. The van der Waals surface area contributed by atoms with E-state index in [4.69, 9.17) is 0 Å². The largest absolute Gasteiger partial charge is 0.390 e. The van der Waals surface area contributed by atoms with E-state index in [1.165, 1.54) is 11.5 Å². The average Bonchev–Trinajstić information content (AvgIpc) is 3.20. The number of fused-ring (bicyclic) bond motifs is 1. The standard InChI is InChI=1S/C16H19N5O2S2/c1-8-6-13(25-21-8)19-16-18-10-4-5-24-14(10)15(20-16)17-9-2-3-11(22)12(23)7-9/h4-6,9,11-12,22-23H,2-3,7H2,1H3,(H2,17,18,19,20)/t9?,11-,12-/m0/s1. The smallest absolute Gasteiger partial charge is 0.230 e. The van der Waals surface area contributed by atoms with E-state index in [0.29, 0.717) is 18.8 Å². The molecule has 3 atom stereocenters. The summed E-state index contributed by atoms with van der Waals surface area (Å²) in [6.45, 7) is 1.94. The van der Waals surface area contributed by atoms with Crippen molar-refractivity contribution in [3.8, 4) is 0 Å². The van der Waals surface area contributed by atoms with E-state index in [2.05, 4.69) is 25.0 Å². The zero-order chi connectivity index (χ0) is 17.4. The number of hydrogen-bond donors (Lipinski definition) is 4. The fraction of sp³-hybridized carbons (Fsp3) is 0.438. The van der Waals surface area contributed by atoms with Gasteiger partial charge in [-0.25, -0.2) is 4.98 Å². The fourth-order valence-electron chi connectivity index (χ4n) is 3.01. The number of rotatable bonds is 4. The van der Waals surface area contributed by atoms with Crippen molar-refractivity contribution in [3.05, 3.63) is 23.2 Å². The summed E-state index contributed by atoms with van der Waals surface area (Å²) < 4.78 is 5.25. The maximum absolute atomic E-state index is 9.91. The number of aryl methyl sites for hydroxylation is 1. The van der Waals surface area contributed by atoms with Crippen LogP contribution in [0.1, 0.15) is 25.0 Å². The first-order chi connectivity index (χ1) is 12.1. The molecule has 3 aromatic heterocycles. The Morgan fingerprint density at radius 2 is 2.08 bits per heavy atom. The van der Waals surface area contributed by atoms with Crippen LogP contribution in [0.4, 0.5) is 16.8 Å². The van der Waals surface area contributed by atoms with Crippen molar-refractivity contribution in [1.82, 2.24) is 14.3 Å². The summed E-state index contributed by atoms with van der Waals surface area (Å²) in [6.07, 6.45) is 0.574. The van der Waals surface area contributed by atoms with Gasteiger partial charge in [-0.1, -0.05) is 0 Å². The van der Waals surface area contributed by atoms with Gasteiger partial charge in [-0.05, 0) is 55.2 Å². The fourth-order valence-corrected chi connectivity index (χ4v) is 4.44. The molecular formula is C16H19N5O2S2. The first kappa shape index (κ1) is 16.6. The molecule has 4 rings (SSSR count). The van der Waals surface area contributed by atoms with Crippen molar-refractivity contribution in [3.63, 3.8) is 0 Å². The van der Waals surface area contributed by atoms with Crippen LogP contribution in [0.15, 0.2) is 17.5 Å². The minimum Gasteiger partial charge on any atom is -0.390 e. The summed E-state index contributed by atoms with van der Waals surface area (Å²) in [5, 5.41) is 29.1. The molecule has 0 saturated heterocycles. The predicted octanol–water partition coefficient (Wildman–Crippen LogP) is 2.89. The summed E-state index contributed by atoms with van der Waals surface area (Å²) in [5.74, 6) is 1.28. The Balaban J connectivity index is 1.60. The summed E-state index contributed by atoms with van der Waals surface area (Å²) >= 11 is 2.96. The molecule has 1 aliphatic rings.